The van der Waals surface area contributed by atoms with Crippen molar-refractivity contribution in [3.8, 4) is 17.2 Å². The number of benzene rings is 2. The summed E-state index contributed by atoms with van der Waals surface area (Å²) in [5.41, 5.74) is 0.828. The maximum absolute atomic E-state index is 13.6. The van der Waals surface area contributed by atoms with Crippen LogP contribution in [0, 0.1) is 0 Å². The van der Waals surface area contributed by atoms with Gasteiger partial charge in [-0.05, 0) is 63.4 Å². The highest BCUT2D eigenvalue weighted by Gasteiger charge is 2.31. The lowest BCUT2D eigenvalue weighted by atomic mass is 10.0. The van der Waals surface area contributed by atoms with Crippen LogP contribution in [0.3, 0.4) is 0 Å². The van der Waals surface area contributed by atoms with Crippen molar-refractivity contribution in [2.75, 3.05) is 37.4 Å². The summed E-state index contributed by atoms with van der Waals surface area (Å²) in [4.78, 5) is 28.4. The molecule has 11 heteroatoms. The molecule has 2 aromatic carbocycles. The van der Waals surface area contributed by atoms with Crippen LogP contribution in [0.15, 0.2) is 42.5 Å². The molecule has 40 heavy (non-hydrogen) atoms. The lowest BCUT2D eigenvalue weighted by Gasteiger charge is -2.33. The highest BCUT2D eigenvalue weighted by atomic mass is 32.2. The number of amides is 2. The van der Waals surface area contributed by atoms with Crippen molar-refractivity contribution in [1.29, 1.82) is 0 Å². The summed E-state index contributed by atoms with van der Waals surface area (Å²) in [6.07, 6.45) is 1.88. The van der Waals surface area contributed by atoms with Crippen molar-refractivity contribution >= 4 is 27.5 Å². The monoisotopic (exact) mass is 575 g/mol. The van der Waals surface area contributed by atoms with E-state index >= 15 is 0 Å². The molecular weight excluding hydrogens is 534 g/mol. The Bertz CT molecular complexity index is 1270. The molecule has 2 aromatic rings. The number of carbonyl (C=O) groups is 2. The SMILES string of the molecule is CC[C@H](C(=O)NC(C)(C)C)N(Cc1ccc(OC)cc1)C(=O)CCCN(c1ccc2c(c1)OCCO2)S(C)(=O)=O. The van der Waals surface area contributed by atoms with Crippen LogP contribution in [0.2, 0.25) is 0 Å². The van der Waals surface area contributed by atoms with Gasteiger partial charge in [0.25, 0.3) is 0 Å². The first-order valence-electron chi connectivity index (χ1n) is 13.4. The van der Waals surface area contributed by atoms with Gasteiger partial charge in [0.15, 0.2) is 11.5 Å². The van der Waals surface area contributed by atoms with E-state index in [1.54, 1.807) is 30.2 Å². The third kappa shape index (κ3) is 8.51. The van der Waals surface area contributed by atoms with Crippen molar-refractivity contribution in [3.05, 3.63) is 48.0 Å². The van der Waals surface area contributed by atoms with E-state index in [-0.39, 0.29) is 37.7 Å². The summed E-state index contributed by atoms with van der Waals surface area (Å²) in [7, 11) is -2.05. The normalized spacial score (nSPS) is 13.8. The van der Waals surface area contributed by atoms with Gasteiger partial charge in [0.1, 0.15) is 25.0 Å². The van der Waals surface area contributed by atoms with Crippen LogP contribution in [0.1, 0.15) is 52.5 Å². The van der Waals surface area contributed by atoms with Gasteiger partial charge in [-0.1, -0.05) is 19.1 Å². The van der Waals surface area contributed by atoms with E-state index in [2.05, 4.69) is 5.32 Å². The van der Waals surface area contributed by atoms with Gasteiger partial charge in [-0.3, -0.25) is 13.9 Å². The van der Waals surface area contributed by atoms with Gasteiger partial charge in [-0.25, -0.2) is 8.42 Å². The Morgan fingerprint density at radius 2 is 1.70 bits per heavy atom. The zero-order valence-corrected chi connectivity index (χ0v) is 25.0. The van der Waals surface area contributed by atoms with E-state index in [9.17, 15) is 18.0 Å². The Morgan fingerprint density at radius 3 is 2.27 bits per heavy atom. The lowest BCUT2D eigenvalue weighted by Crippen LogP contribution is -2.53. The zero-order valence-electron chi connectivity index (χ0n) is 24.2. The van der Waals surface area contributed by atoms with Gasteiger partial charge in [0.2, 0.25) is 21.8 Å². The van der Waals surface area contributed by atoms with Crippen LogP contribution in [0.4, 0.5) is 5.69 Å². The Balaban J connectivity index is 1.78. The van der Waals surface area contributed by atoms with Crippen molar-refractivity contribution in [2.24, 2.45) is 0 Å². The second-order valence-corrected chi connectivity index (χ2v) is 12.7. The second kappa shape index (κ2) is 13.3. The number of methoxy groups -OCH3 is 1. The average molecular weight is 576 g/mol. The number of carbonyl (C=O) groups excluding carboxylic acids is 2. The smallest absolute Gasteiger partial charge is 0.243 e. The van der Waals surface area contributed by atoms with Crippen molar-refractivity contribution in [2.45, 2.75) is 65.1 Å². The fraction of sp³-hybridized carbons (Fsp3) is 0.517. The van der Waals surface area contributed by atoms with E-state index in [1.165, 1.54) is 4.31 Å². The topological polar surface area (TPSA) is 114 Å². The molecule has 0 bridgehead atoms. The summed E-state index contributed by atoms with van der Waals surface area (Å²) in [6, 6.07) is 11.6. The highest BCUT2D eigenvalue weighted by Crippen LogP contribution is 2.34. The summed E-state index contributed by atoms with van der Waals surface area (Å²) in [5, 5.41) is 2.99. The van der Waals surface area contributed by atoms with E-state index in [0.717, 1.165) is 11.8 Å². The first kappa shape index (κ1) is 31.1. The molecule has 0 unspecified atom stereocenters. The maximum atomic E-state index is 13.6. The molecule has 0 saturated carbocycles. The first-order chi connectivity index (χ1) is 18.8. The van der Waals surface area contributed by atoms with E-state index in [0.29, 0.717) is 42.6 Å². The third-order valence-corrected chi connectivity index (χ3v) is 7.56. The Morgan fingerprint density at radius 1 is 1.05 bits per heavy atom. The molecule has 10 nitrogen and oxygen atoms in total. The predicted octanol–water partition coefficient (Wildman–Crippen LogP) is 3.73. The molecule has 1 aliphatic rings. The van der Waals surface area contributed by atoms with E-state index in [4.69, 9.17) is 14.2 Å². The van der Waals surface area contributed by atoms with Crippen LogP contribution < -0.4 is 23.8 Å². The molecule has 0 spiro atoms. The average Bonchev–Trinajstić information content (AvgIpc) is 2.89. The van der Waals surface area contributed by atoms with Crippen LogP contribution in [0.25, 0.3) is 0 Å². The molecule has 3 rings (SSSR count). The summed E-state index contributed by atoms with van der Waals surface area (Å²) in [6.45, 7) is 8.69. The van der Waals surface area contributed by atoms with Crippen LogP contribution in [-0.2, 0) is 26.2 Å². The van der Waals surface area contributed by atoms with Crippen molar-refractivity contribution < 1.29 is 32.2 Å². The first-order valence-corrected chi connectivity index (χ1v) is 15.3. The van der Waals surface area contributed by atoms with Gasteiger partial charge in [0.05, 0.1) is 19.1 Å². The van der Waals surface area contributed by atoms with Crippen LogP contribution >= 0.6 is 0 Å². The molecule has 0 fully saturated rings. The van der Waals surface area contributed by atoms with Crippen LogP contribution in [0.5, 0.6) is 17.2 Å². The largest absolute Gasteiger partial charge is 0.497 e. The Hall–Kier alpha value is -3.47. The molecular formula is C29H41N3O7S. The number of nitrogens with zero attached hydrogens (tertiary/aromatic N) is 2. The van der Waals surface area contributed by atoms with Gasteiger partial charge < -0.3 is 24.4 Å². The van der Waals surface area contributed by atoms with Gasteiger partial charge in [-0.2, -0.15) is 0 Å². The van der Waals surface area contributed by atoms with E-state index in [1.807, 2.05) is 52.0 Å². The minimum atomic E-state index is -3.64. The second-order valence-electron chi connectivity index (χ2n) is 10.8. The number of anilines is 1. The predicted molar refractivity (Wildman–Crippen MR) is 154 cm³/mol. The number of fused-ring (bicyclic) bond motifs is 1. The number of sulfonamides is 1. The fourth-order valence-electron chi connectivity index (χ4n) is 4.49. The number of ether oxygens (including phenoxy) is 3. The third-order valence-electron chi connectivity index (χ3n) is 6.36. The highest BCUT2D eigenvalue weighted by molar-refractivity contribution is 7.92. The maximum Gasteiger partial charge on any atom is 0.243 e. The minimum absolute atomic E-state index is 0.0615. The molecule has 2 amide bonds. The molecule has 1 aliphatic heterocycles. The van der Waals surface area contributed by atoms with Gasteiger partial charge in [0, 0.05) is 31.1 Å². The number of hydrogen-bond donors (Lipinski definition) is 1. The number of nitrogens with one attached hydrogen (secondary N) is 1. The van der Waals surface area contributed by atoms with E-state index < -0.39 is 21.6 Å². The molecule has 0 saturated heterocycles. The summed E-state index contributed by atoms with van der Waals surface area (Å²) >= 11 is 0. The van der Waals surface area contributed by atoms with Crippen molar-refractivity contribution in [1.82, 2.24) is 10.2 Å². The Kier molecular flexibility index (Phi) is 10.3. The quantitative estimate of drug-likeness (QED) is 0.410. The van der Waals surface area contributed by atoms with Gasteiger partial charge >= 0.3 is 0 Å². The molecule has 1 atom stereocenters. The Labute approximate surface area is 237 Å². The molecule has 1 heterocycles. The van der Waals surface area contributed by atoms with Crippen LogP contribution in [-0.4, -0.2) is 69.8 Å². The zero-order chi connectivity index (χ0) is 29.5. The molecule has 0 aromatic heterocycles. The number of rotatable bonds is 12. The fourth-order valence-corrected chi connectivity index (χ4v) is 5.45. The summed E-state index contributed by atoms with van der Waals surface area (Å²) < 4.78 is 43.0. The van der Waals surface area contributed by atoms with Gasteiger partial charge in [-0.15, -0.1) is 0 Å². The molecule has 0 radical (unpaired) electrons. The lowest BCUT2D eigenvalue weighted by molar-refractivity contribution is -0.142. The van der Waals surface area contributed by atoms with Crippen molar-refractivity contribution in [3.63, 3.8) is 0 Å². The minimum Gasteiger partial charge on any atom is -0.497 e. The standard InChI is InChI=1S/C29H41N3O7S/c1-7-24(28(34)30-29(2,3)4)31(20-21-10-13-23(37-5)14-11-21)27(33)9-8-16-32(40(6,35)36)22-12-15-25-26(19-22)39-18-17-38-25/h10-15,19,24H,7-9,16-18,20H2,1-6H3,(H,30,34)/t24-/m1/s1. The summed E-state index contributed by atoms with van der Waals surface area (Å²) in [5.74, 6) is 1.27. The molecule has 1 N–H and O–H groups in total. The molecule has 220 valence electrons. The molecule has 0 aliphatic carbocycles. The number of hydrogen-bond acceptors (Lipinski definition) is 7.